The molecule has 0 fully saturated rings. The number of hydrogen-bond donors (Lipinski definition) is 0. The van der Waals surface area contributed by atoms with Gasteiger partial charge in [-0.2, -0.15) is 5.10 Å². The van der Waals surface area contributed by atoms with Crippen LogP contribution in [0.2, 0.25) is 0 Å². The molecule has 1 heterocycles. The third-order valence-electron chi connectivity index (χ3n) is 1.88. The molecule has 13 heavy (non-hydrogen) atoms. The molecule has 0 aliphatic carbocycles. The van der Waals surface area contributed by atoms with Gasteiger partial charge in [0.2, 0.25) is 0 Å². The lowest BCUT2D eigenvalue weighted by atomic mass is 10.2. The molecule has 0 radical (unpaired) electrons. The Hall–Kier alpha value is -1.12. The first-order valence-electron chi connectivity index (χ1n) is 4.69. The lowest BCUT2D eigenvalue weighted by molar-refractivity contribution is 0.111. The van der Waals surface area contributed by atoms with Gasteiger partial charge >= 0.3 is 0 Å². The Morgan fingerprint density at radius 3 is 2.77 bits per heavy atom. The summed E-state index contributed by atoms with van der Waals surface area (Å²) in [5.74, 6) is 0.517. The van der Waals surface area contributed by atoms with E-state index in [0.29, 0.717) is 11.6 Å². The van der Waals surface area contributed by atoms with Gasteiger partial charge in [0.1, 0.15) is 5.69 Å². The highest BCUT2D eigenvalue weighted by atomic mass is 16.1. The number of aldehydes is 1. The van der Waals surface area contributed by atoms with Gasteiger partial charge in [0.05, 0.1) is 5.69 Å². The molecule has 3 heteroatoms. The van der Waals surface area contributed by atoms with E-state index in [1.54, 1.807) is 4.68 Å². The zero-order valence-electron chi connectivity index (χ0n) is 8.45. The van der Waals surface area contributed by atoms with Crippen LogP contribution < -0.4 is 0 Å². The number of carbonyl (C=O) groups excluding carboxylic acids is 1. The van der Waals surface area contributed by atoms with Gasteiger partial charge in [-0.25, -0.2) is 0 Å². The minimum Gasteiger partial charge on any atom is -0.296 e. The van der Waals surface area contributed by atoms with E-state index < -0.39 is 0 Å². The van der Waals surface area contributed by atoms with Gasteiger partial charge in [0.15, 0.2) is 6.29 Å². The molecule has 0 aromatic carbocycles. The van der Waals surface area contributed by atoms with E-state index in [-0.39, 0.29) is 0 Å². The number of hydrogen-bond acceptors (Lipinski definition) is 2. The molecule has 0 bridgehead atoms. The lowest BCUT2D eigenvalue weighted by Gasteiger charge is -2.05. The summed E-state index contributed by atoms with van der Waals surface area (Å²) in [6.07, 6.45) is 1.75. The van der Waals surface area contributed by atoms with Crippen molar-refractivity contribution in [3.05, 3.63) is 17.5 Å². The minimum atomic E-state index is 0.517. The smallest absolute Gasteiger partial charge is 0.168 e. The van der Waals surface area contributed by atoms with Crippen molar-refractivity contribution >= 4 is 6.29 Å². The van der Waals surface area contributed by atoms with Crippen LogP contribution in [0.15, 0.2) is 6.07 Å². The van der Waals surface area contributed by atoms with Gasteiger partial charge in [-0.3, -0.25) is 9.48 Å². The van der Waals surface area contributed by atoms with Gasteiger partial charge in [-0.15, -0.1) is 0 Å². The van der Waals surface area contributed by atoms with E-state index in [4.69, 9.17) is 0 Å². The average Bonchev–Trinajstić information content (AvgIpc) is 2.46. The predicted molar refractivity (Wildman–Crippen MR) is 51.8 cm³/mol. The monoisotopic (exact) mass is 180 g/mol. The summed E-state index contributed by atoms with van der Waals surface area (Å²) in [6, 6.07) is 1.86. The fourth-order valence-corrected chi connectivity index (χ4v) is 1.25. The number of rotatable bonds is 4. The maximum Gasteiger partial charge on any atom is 0.168 e. The molecule has 1 aromatic rings. The Morgan fingerprint density at radius 1 is 1.62 bits per heavy atom. The van der Waals surface area contributed by atoms with Crippen LogP contribution in [0.5, 0.6) is 0 Å². The maximum absolute atomic E-state index is 10.7. The van der Waals surface area contributed by atoms with Crippen molar-refractivity contribution in [1.82, 2.24) is 9.78 Å². The van der Waals surface area contributed by atoms with Gasteiger partial charge in [-0.05, 0) is 18.4 Å². The van der Waals surface area contributed by atoms with E-state index in [2.05, 4.69) is 18.9 Å². The summed E-state index contributed by atoms with van der Waals surface area (Å²) in [7, 11) is 0. The van der Waals surface area contributed by atoms with Crippen molar-refractivity contribution < 1.29 is 4.79 Å². The van der Waals surface area contributed by atoms with E-state index in [9.17, 15) is 4.79 Å². The van der Waals surface area contributed by atoms with Crippen molar-refractivity contribution in [3.8, 4) is 0 Å². The predicted octanol–water partition coefficient (Wildman–Crippen LogP) is 1.91. The Balaban J connectivity index is 2.90. The van der Waals surface area contributed by atoms with Gasteiger partial charge in [-0.1, -0.05) is 20.8 Å². The second-order valence-electron chi connectivity index (χ2n) is 3.61. The molecule has 0 aliphatic rings. The third kappa shape index (κ3) is 2.41. The summed E-state index contributed by atoms with van der Waals surface area (Å²) in [5, 5.41) is 4.33. The van der Waals surface area contributed by atoms with Crippen molar-refractivity contribution in [3.63, 3.8) is 0 Å². The molecule has 1 aromatic heterocycles. The summed E-state index contributed by atoms with van der Waals surface area (Å²) < 4.78 is 1.79. The molecule has 0 saturated carbocycles. The second kappa shape index (κ2) is 4.21. The van der Waals surface area contributed by atoms with Crippen LogP contribution in [-0.2, 0) is 13.0 Å². The molecule has 0 N–H and O–H groups in total. The number of carbonyl (C=O) groups is 1. The van der Waals surface area contributed by atoms with Crippen molar-refractivity contribution in [2.24, 2.45) is 5.92 Å². The molecule has 3 nitrogen and oxygen atoms in total. The normalized spacial score (nSPS) is 10.8. The number of aryl methyl sites for hydroxylation is 1. The van der Waals surface area contributed by atoms with E-state index >= 15 is 0 Å². The zero-order chi connectivity index (χ0) is 9.84. The first-order valence-corrected chi connectivity index (χ1v) is 4.69. The highest BCUT2D eigenvalue weighted by Crippen LogP contribution is 2.06. The third-order valence-corrected chi connectivity index (χ3v) is 1.88. The van der Waals surface area contributed by atoms with Crippen LogP contribution in [0, 0.1) is 5.92 Å². The van der Waals surface area contributed by atoms with Gasteiger partial charge in [0, 0.05) is 6.54 Å². The molecular formula is C10H16N2O. The van der Waals surface area contributed by atoms with E-state index in [1.807, 2.05) is 13.0 Å². The van der Waals surface area contributed by atoms with Crippen LogP contribution in [-0.4, -0.2) is 16.1 Å². The Morgan fingerprint density at radius 2 is 2.31 bits per heavy atom. The fourth-order valence-electron chi connectivity index (χ4n) is 1.25. The first kappa shape index (κ1) is 9.96. The van der Waals surface area contributed by atoms with Crippen LogP contribution in [0.4, 0.5) is 0 Å². The lowest BCUT2D eigenvalue weighted by Crippen LogP contribution is -2.09. The van der Waals surface area contributed by atoms with Crippen LogP contribution >= 0.6 is 0 Å². The SMILES string of the molecule is CCc1cc(C=O)n(CC(C)C)n1. The molecule has 72 valence electrons. The van der Waals surface area contributed by atoms with Crippen LogP contribution in [0.1, 0.15) is 37.0 Å². The summed E-state index contributed by atoms with van der Waals surface area (Å²) >= 11 is 0. The Bertz CT molecular complexity index is 289. The largest absolute Gasteiger partial charge is 0.296 e. The number of aromatic nitrogens is 2. The molecule has 0 aliphatic heterocycles. The summed E-state index contributed by atoms with van der Waals surface area (Å²) in [6.45, 7) is 7.08. The molecule has 1 rings (SSSR count). The van der Waals surface area contributed by atoms with Crippen molar-refractivity contribution in [2.75, 3.05) is 0 Å². The molecule has 0 amide bonds. The summed E-state index contributed by atoms with van der Waals surface area (Å²) in [4.78, 5) is 10.7. The van der Waals surface area contributed by atoms with Gasteiger partial charge in [0.25, 0.3) is 0 Å². The van der Waals surface area contributed by atoms with E-state index in [1.165, 1.54) is 0 Å². The summed E-state index contributed by atoms with van der Waals surface area (Å²) in [5.41, 5.74) is 1.67. The first-order chi connectivity index (χ1) is 6.17. The van der Waals surface area contributed by atoms with E-state index in [0.717, 1.165) is 24.9 Å². The Labute approximate surface area is 78.8 Å². The molecule has 0 spiro atoms. The number of nitrogens with zero attached hydrogens (tertiary/aromatic N) is 2. The topological polar surface area (TPSA) is 34.9 Å². The van der Waals surface area contributed by atoms with Crippen LogP contribution in [0.25, 0.3) is 0 Å². The standard InChI is InChI=1S/C10H16N2O/c1-4-9-5-10(7-13)12(11-9)6-8(2)3/h5,7-8H,4,6H2,1-3H3. The molecule has 0 unspecified atom stereocenters. The molecule has 0 saturated heterocycles. The molecular weight excluding hydrogens is 164 g/mol. The quantitative estimate of drug-likeness (QED) is 0.663. The van der Waals surface area contributed by atoms with Crippen molar-refractivity contribution in [1.29, 1.82) is 0 Å². The van der Waals surface area contributed by atoms with Crippen molar-refractivity contribution in [2.45, 2.75) is 33.7 Å². The van der Waals surface area contributed by atoms with Crippen LogP contribution in [0.3, 0.4) is 0 Å². The fraction of sp³-hybridized carbons (Fsp3) is 0.600. The highest BCUT2D eigenvalue weighted by Gasteiger charge is 2.06. The maximum atomic E-state index is 10.7. The molecule has 0 atom stereocenters. The zero-order valence-corrected chi connectivity index (χ0v) is 8.45. The Kier molecular flexibility index (Phi) is 3.23. The highest BCUT2D eigenvalue weighted by molar-refractivity contribution is 5.72. The minimum absolute atomic E-state index is 0.517. The second-order valence-corrected chi connectivity index (χ2v) is 3.61. The average molecular weight is 180 g/mol. The van der Waals surface area contributed by atoms with Gasteiger partial charge < -0.3 is 0 Å².